The third-order valence-electron chi connectivity index (χ3n) is 3.07. The highest BCUT2D eigenvalue weighted by atomic mass is 35.5. The van der Waals surface area contributed by atoms with Crippen molar-refractivity contribution >= 4 is 22.4 Å². The summed E-state index contributed by atoms with van der Waals surface area (Å²) in [5.41, 5.74) is 1.72. The molecule has 1 aliphatic rings. The monoisotopic (exact) mass is 315 g/mol. The molecule has 0 spiro atoms. The van der Waals surface area contributed by atoms with Crippen LogP contribution in [-0.4, -0.2) is 24.7 Å². The zero-order valence-corrected chi connectivity index (χ0v) is 12.4. The molecule has 3 rings (SSSR count). The van der Waals surface area contributed by atoms with Gasteiger partial charge in [0.05, 0.1) is 17.7 Å². The molecule has 2 aromatic rings. The molecule has 0 saturated carbocycles. The summed E-state index contributed by atoms with van der Waals surface area (Å²) in [7, 11) is -2.08. The Labute approximate surface area is 123 Å². The van der Waals surface area contributed by atoms with Crippen molar-refractivity contribution in [2.75, 3.05) is 7.11 Å². The van der Waals surface area contributed by atoms with Crippen LogP contribution in [0.5, 0.6) is 5.75 Å². The molecular weight excluding hydrogens is 302 g/mol. The van der Waals surface area contributed by atoms with Crippen molar-refractivity contribution in [3.8, 4) is 5.75 Å². The minimum atomic E-state index is -3.62. The van der Waals surface area contributed by atoms with E-state index in [1.807, 2.05) is 0 Å². The lowest BCUT2D eigenvalue weighted by Gasteiger charge is -2.05. The van der Waals surface area contributed by atoms with Crippen LogP contribution < -0.4 is 10.1 Å². The van der Waals surface area contributed by atoms with Gasteiger partial charge in [-0.2, -0.15) is 17.6 Å². The lowest BCUT2D eigenvalue weighted by atomic mass is 10.3. The average Bonchev–Trinajstić information content (AvgIpc) is 2.99. The zero-order valence-electron chi connectivity index (χ0n) is 10.7. The van der Waals surface area contributed by atoms with Gasteiger partial charge in [0.2, 0.25) is 0 Å². The van der Waals surface area contributed by atoms with Crippen molar-refractivity contribution in [2.45, 2.75) is 18.0 Å². The first-order valence-corrected chi connectivity index (χ1v) is 7.23. The maximum atomic E-state index is 12.4. The molecule has 6 nitrogen and oxygen atoms in total. The molecule has 1 aliphatic heterocycles. The molecule has 0 radical (unpaired) electrons. The fraction of sp³-hybridized carbons (Fsp3) is 0.250. The van der Waals surface area contributed by atoms with Gasteiger partial charge in [-0.25, -0.2) is 0 Å². The Morgan fingerprint density at radius 1 is 1.25 bits per heavy atom. The minimum Gasteiger partial charge on any atom is -0.497 e. The zero-order chi connectivity index (χ0) is 13.5. The van der Waals surface area contributed by atoms with Crippen LogP contribution in [0, 0.1) is 0 Å². The van der Waals surface area contributed by atoms with Crippen molar-refractivity contribution in [1.29, 1.82) is 0 Å². The number of hydrogen-bond donors (Lipinski definition) is 1. The van der Waals surface area contributed by atoms with E-state index in [0.717, 1.165) is 15.3 Å². The van der Waals surface area contributed by atoms with E-state index in [4.69, 9.17) is 4.74 Å². The lowest BCUT2D eigenvalue weighted by Crippen LogP contribution is -2.15. The van der Waals surface area contributed by atoms with Crippen molar-refractivity contribution in [1.82, 2.24) is 14.5 Å². The van der Waals surface area contributed by atoms with Gasteiger partial charge < -0.3 is 10.1 Å². The first-order chi connectivity index (χ1) is 9.11. The van der Waals surface area contributed by atoms with E-state index in [-0.39, 0.29) is 17.3 Å². The number of ether oxygens (including phenoxy) is 1. The first kappa shape index (κ1) is 14.8. The molecule has 1 aromatic heterocycles. The summed E-state index contributed by atoms with van der Waals surface area (Å²) in [6, 6.07) is 6.26. The number of benzene rings is 1. The molecule has 0 aliphatic carbocycles. The fourth-order valence-corrected chi connectivity index (χ4v) is 3.18. The molecule has 0 atom stereocenters. The van der Waals surface area contributed by atoms with Gasteiger partial charge in [0.1, 0.15) is 5.75 Å². The Hall–Kier alpha value is -1.57. The highest BCUT2D eigenvalue weighted by molar-refractivity contribution is 7.89. The molecule has 1 N–H and O–H groups in total. The van der Waals surface area contributed by atoms with Gasteiger partial charge in [0.15, 0.2) is 0 Å². The largest absolute Gasteiger partial charge is 0.497 e. The number of hydrogen-bond acceptors (Lipinski definition) is 5. The van der Waals surface area contributed by atoms with Crippen LogP contribution in [0.15, 0.2) is 35.4 Å². The van der Waals surface area contributed by atoms with Crippen LogP contribution in [0.25, 0.3) is 0 Å². The normalized spacial score (nSPS) is 13.7. The number of nitrogens with one attached hydrogen (secondary N) is 1. The summed E-state index contributed by atoms with van der Waals surface area (Å²) in [5, 5.41) is 7.23. The maximum Gasteiger partial charge on any atom is 0.282 e. The van der Waals surface area contributed by atoms with Gasteiger partial charge in [0.25, 0.3) is 10.0 Å². The number of nitrogens with zero attached hydrogens (tertiary/aromatic N) is 2. The predicted octanol–water partition coefficient (Wildman–Crippen LogP) is 1.15. The Morgan fingerprint density at radius 3 is 2.55 bits per heavy atom. The first-order valence-electron chi connectivity index (χ1n) is 5.79. The van der Waals surface area contributed by atoms with Crippen molar-refractivity contribution < 1.29 is 13.2 Å². The summed E-state index contributed by atoms with van der Waals surface area (Å²) in [6.07, 6.45) is 1.56. The van der Waals surface area contributed by atoms with E-state index < -0.39 is 10.0 Å². The fourth-order valence-electron chi connectivity index (χ4n) is 2.01. The smallest absolute Gasteiger partial charge is 0.282 e. The van der Waals surface area contributed by atoms with E-state index in [2.05, 4.69) is 10.4 Å². The van der Waals surface area contributed by atoms with E-state index in [9.17, 15) is 8.42 Å². The number of aromatic nitrogens is 2. The average molecular weight is 316 g/mol. The Balaban J connectivity index is 0.00000147. The lowest BCUT2D eigenvalue weighted by molar-refractivity contribution is 0.414. The van der Waals surface area contributed by atoms with Gasteiger partial charge in [-0.15, -0.1) is 12.4 Å². The standard InChI is InChI=1S/C12H13N3O3S.ClH/c1-18-10-2-4-11(5-3-10)19(16,17)15-8-9-6-13-7-12(9)14-15;/h2-5,8,13H,6-7H2,1H3;1H. The predicted molar refractivity (Wildman–Crippen MR) is 75.6 cm³/mol. The number of methoxy groups -OCH3 is 1. The topological polar surface area (TPSA) is 73.2 Å². The molecule has 2 heterocycles. The summed E-state index contributed by atoms with van der Waals surface area (Å²) >= 11 is 0. The van der Waals surface area contributed by atoms with Crippen LogP contribution in [0.4, 0.5) is 0 Å². The van der Waals surface area contributed by atoms with Gasteiger partial charge in [-0.1, -0.05) is 0 Å². The Morgan fingerprint density at radius 2 is 1.95 bits per heavy atom. The second-order valence-electron chi connectivity index (χ2n) is 4.26. The van der Waals surface area contributed by atoms with E-state index in [0.29, 0.717) is 18.8 Å². The molecule has 0 saturated heterocycles. The molecule has 0 fully saturated rings. The van der Waals surface area contributed by atoms with Gasteiger partial charge >= 0.3 is 0 Å². The molecule has 1 aromatic carbocycles. The van der Waals surface area contributed by atoms with Crippen LogP contribution in [-0.2, 0) is 23.1 Å². The SMILES string of the molecule is COc1ccc(S(=O)(=O)n2cc3c(n2)CNC3)cc1.Cl. The third kappa shape index (κ3) is 2.39. The molecule has 108 valence electrons. The van der Waals surface area contributed by atoms with Crippen molar-refractivity contribution in [3.63, 3.8) is 0 Å². The van der Waals surface area contributed by atoms with Crippen molar-refractivity contribution in [3.05, 3.63) is 41.7 Å². The molecule has 0 bridgehead atoms. The number of halogens is 1. The quantitative estimate of drug-likeness (QED) is 0.920. The summed E-state index contributed by atoms with van der Waals surface area (Å²) in [5.74, 6) is 0.617. The van der Waals surface area contributed by atoms with E-state index in [1.54, 1.807) is 18.3 Å². The van der Waals surface area contributed by atoms with E-state index >= 15 is 0 Å². The van der Waals surface area contributed by atoms with Crippen LogP contribution in [0.2, 0.25) is 0 Å². The molecular formula is C12H14ClN3O3S. The number of fused-ring (bicyclic) bond motifs is 1. The third-order valence-corrected chi connectivity index (χ3v) is 4.62. The molecule has 8 heteroatoms. The second-order valence-corrected chi connectivity index (χ2v) is 6.05. The molecule has 0 amide bonds. The van der Waals surface area contributed by atoms with Gasteiger partial charge in [-0.05, 0) is 24.3 Å². The highest BCUT2D eigenvalue weighted by Crippen LogP contribution is 2.20. The minimum absolute atomic E-state index is 0. The van der Waals surface area contributed by atoms with Gasteiger partial charge in [-0.3, -0.25) is 0 Å². The second kappa shape index (κ2) is 5.43. The summed E-state index contributed by atoms with van der Waals surface area (Å²) < 4.78 is 30.8. The van der Waals surface area contributed by atoms with E-state index in [1.165, 1.54) is 19.2 Å². The van der Waals surface area contributed by atoms with Crippen molar-refractivity contribution in [2.24, 2.45) is 0 Å². The van der Waals surface area contributed by atoms with Crippen LogP contribution in [0.3, 0.4) is 0 Å². The Kier molecular flexibility index (Phi) is 4.03. The number of rotatable bonds is 3. The molecule has 0 unspecified atom stereocenters. The highest BCUT2D eigenvalue weighted by Gasteiger charge is 2.22. The van der Waals surface area contributed by atoms with Crippen LogP contribution >= 0.6 is 12.4 Å². The van der Waals surface area contributed by atoms with Gasteiger partial charge in [0, 0.05) is 24.8 Å². The van der Waals surface area contributed by atoms with Crippen LogP contribution in [0.1, 0.15) is 11.3 Å². The maximum absolute atomic E-state index is 12.4. The summed E-state index contributed by atoms with van der Waals surface area (Å²) in [4.78, 5) is 0.197. The molecule has 20 heavy (non-hydrogen) atoms. The Bertz CT molecular complexity index is 689. The summed E-state index contributed by atoms with van der Waals surface area (Å²) in [6.45, 7) is 1.27.